The normalized spacial score (nSPS) is 10.7. The Morgan fingerprint density at radius 3 is 1.19 bits per heavy atom. The van der Waals surface area contributed by atoms with Crippen LogP contribution in [0.4, 0.5) is 0 Å². The average Bonchev–Trinajstić information content (AvgIpc) is 2.81. The van der Waals surface area contributed by atoms with Gasteiger partial charge in [0.1, 0.15) is 0 Å². The van der Waals surface area contributed by atoms with Crippen molar-refractivity contribution in [3.05, 3.63) is 93.9 Å². The molecule has 0 amide bonds. The van der Waals surface area contributed by atoms with Gasteiger partial charge in [-0.15, -0.1) is 0 Å². The van der Waals surface area contributed by atoms with Crippen LogP contribution < -0.4 is 18.4 Å². The molecule has 0 bridgehead atoms. The fourth-order valence-corrected chi connectivity index (χ4v) is 6.53. The van der Waals surface area contributed by atoms with E-state index < -0.39 is 0 Å². The number of ether oxygens (including phenoxy) is 2. The molecule has 0 aliphatic carbocycles. The molecule has 0 spiro atoms. The topological polar surface area (TPSA) is 18.5 Å². The second-order valence-corrected chi connectivity index (χ2v) is 10.8. The molecule has 0 unspecified atom stereocenters. The molecule has 5 heteroatoms. The van der Waals surface area contributed by atoms with Crippen LogP contribution in [0.1, 0.15) is 0 Å². The number of rotatable bonds is 6. The molecule has 4 aromatic rings. The van der Waals surface area contributed by atoms with Gasteiger partial charge in [0.05, 0.1) is 0 Å². The Labute approximate surface area is 206 Å². The first-order valence-electron chi connectivity index (χ1n) is 9.63. The standard InChI is InChI=1S/C26H20Br2O2Se/c1-29-21-9-3-17(4-10-21)19-7-13-25(23(27)15-19)31-26-14-8-20(16-24(26)28)18-5-11-22(30-2)12-6-18/h3-16H,1-2H3. The second kappa shape index (κ2) is 10.1. The van der Waals surface area contributed by atoms with Gasteiger partial charge in [-0.05, 0) is 0 Å². The molecule has 0 aliphatic heterocycles. The van der Waals surface area contributed by atoms with E-state index >= 15 is 0 Å². The summed E-state index contributed by atoms with van der Waals surface area (Å²) in [6.07, 6.45) is 0. The Morgan fingerprint density at radius 1 is 0.516 bits per heavy atom. The van der Waals surface area contributed by atoms with E-state index in [1.54, 1.807) is 14.2 Å². The Morgan fingerprint density at radius 2 is 0.871 bits per heavy atom. The Balaban J connectivity index is 1.54. The molecule has 0 saturated carbocycles. The summed E-state index contributed by atoms with van der Waals surface area (Å²) in [5.41, 5.74) is 4.71. The third-order valence-corrected chi connectivity index (χ3v) is 9.84. The fraction of sp³-hybridized carbons (Fsp3) is 0.0769. The molecule has 0 fully saturated rings. The van der Waals surface area contributed by atoms with Crippen molar-refractivity contribution in [2.24, 2.45) is 0 Å². The number of hydrogen-bond donors (Lipinski definition) is 0. The molecule has 4 aromatic carbocycles. The minimum absolute atomic E-state index is 0.175. The van der Waals surface area contributed by atoms with Gasteiger partial charge in [0.2, 0.25) is 0 Å². The summed E-state index contributed by atoms with van der Waals surface area (Å²) in [6.45, 7) is 0. The van der Waals surface area contributed by atoms with E-state index in [0.29, 0.717) is 0 Å². The van der Waals surface area contributed by atoms with Gasteiger partial charge >= 0.3 is 207 Å². The molecule has 0 atom stereocenters. The van der Waals surface area contributed by atoms with E-state index in [0.717, 1.165) is 20.4 Å². The zero-order valence-corrected chi connectivity index (χ0v) is 21.9. The van der Waals surface area contributed by atoms with Gasteiger partial charge < -0.3 is 0 Å². The number of benzene rings is 4. The SMILES string of the molecule is COc1ccc(-c2ccc([Se]c3ccc(-c4ccc(OC)cc4)cc3Br)c(Br)c2)cc1. The van der Waals surface area contributed by atoms with Crippen molar-refractivity contribution in [1.82, 2.24) is 0 Å². The van der Waals surface area contributed by atoms with Crippen LogP contribution in [0.5, 0.6) is 11.5 Å². The first kappa shape index (κ1) is 22.2. The van der Waals surface area contributed by atoms with Crippen LogP contribution in [0, 0.1) is 0 Å². The van der Waals surface area contributed by atoms with Crippen LogP contribution in [-0.4, -0.2) is 29.2 Å². The molecule has 0 radical (unpaired) electrons. The van der Waals surface area contributed by atoms with Gasteiger partial charge in [-0.25, -0.2) is 0 Å². The van der Waals surface area contributed by atoms with Gasteiger partial charge in [0, 0.05) is 0 Å². The minimum atomic E-state index is 0.175. The van der Waals surface area contributed by atoms with Gasteiger partial charge in [0.15, 0.2) is 0 Å². The van der Waals surface area contributed by atoms with Crippen LogP contribution in [0.2, 0.25) is 0 Å². The maximum atomic E-state index is 5.26. The van der Waals surface area contributed by atoms with Gasteiger partial charge in [-0.3, -0.25) is 0 Å². The monoisotopic (exact) mass is 602 g/mol. The number of hydrogen-bond acceptors (Lipinski definition) is 2. The van der Waals surface area contributed by atoms with Crippen molar-refractivity contribution in [2.75, 3.05) is 14.2 Å². The van der Waals surface area contributed by atoms with E-state index in [9.17, 15) is 0 Å². The average molecular weight is 603 g/mol. The second-order valence-electron chi connectivity index (χ2n) is 6.85. The Kier molecular flexibility index (Phi) is 7.19. The van der Waals surface area contributed by atoms with Crippen molar-refractivity contribution in [1.29, 1.82) is 0 Å². The molecule has 0 aromatic heterocycles. The molecule has 156 valence electrons. The predicted molar refractivity (Wildman–Crippen MR) is 137 cm³/mol. The van der Waals surface area contributed by atoms with Crippen molar-refractivity contribution in [3.63, 3.8) is 0 Å². The molecule has 31 heavy (non-hydrogen) atoms. The van der Waals surface area contributed by atoms with Crippen LogP contribution in [0.3, 0.4) is 0 Å². The third-order valence-electron chi connectivity index (χ3n) is 4.93. The summed E-state index contributed by atoms with van der Waals surface area (Å²) in [6, 6.07) is 29.5. The van der Waals surface area contributed by atoms with Crippen molar-refractivity contribution < 1.29 is 9.47 Å². The molecule has 2 nitrogen and oxygen atoms in total. The summed E-state index contributed by atoms with van der Waals surface area (Å²) in [7, 11) is 3.37. The van der Waals surface area contributed by atoms with E-state index in [1.165, 1.54) is 31.2 Å². The Bertz CT molecular complexity index is 1090. The molecule has 4 rings (SSSR count). The first-order chi connectivity index (χ1) is 15.1. The zero-order chi connectivity index (χ0) is 21.8. The van der Waals surface area contributed by atoms with E-state index in [2.05, 4.69) is 92.5 Å². The number of methoxy groups -OCH3 is 2. The summed E-state index contributed by atoms with van der Waals surface area (Å²) in [5.74, 6) is 1.73. The zero-order valence-electron chi connectivity index (χ0n) is 17.1. The Hall–Kier alpha value is -2.04. The van der Waals surface area contributed by atoms with E-state index in [1.807, 2.05) is 24.3 Å². The van der Waals surface area contributed by atoms with Gasteiger partial charge in [-0.2, -0.15) is 0 Å². The molecular weight excluding hydrogens is 583 g/mol. The van der Waals surface area contributed by atoms with Gasteiger partial charge in [0.25, 0.3) is 0 Å². The maximum absolute atomic E-state index is 5.26. The summed E-state index contributed by atoms with van der Waals surface area (Å²) >= 11 is 7.74. The third kappa shape index (κ3) is 5.24. The van der Waals surface area contributed by atoms with Crippen LogP contribution in [0.15, 0.2) is 93.9 Å². The van der Waals surface area contributed by atoms with Crippen molar-refractivity contribution in [2.45, 2.75) is 0 Å². The van der Waals surface area contributed by atoms with Crippen LogP contribution in [-0.2, 0) is 0 Å². The van der Waals surface area contributed by atoms with Crippen LogP contribution in [0.25, 0.3) is 22.3 Å². The van der Waals surface area contributed by atoms with Crippen LogP contribution >= 0.6 is 31.9 Å². The molecule has 0 heterocycles. The quantitative estimate of drug-likeness (QED) is 0.244. The first-order valence-corrected chi connectivity index (χ1v) is 12.9. The summed E-state index contributed by atoms with van der Waals surface area (Å²) < 4.78 is 15.4. The van der Waals surface area contributed by atoms with Gasteiger partial charge in [-0.1, -0.05) is 0 Å². The molecular formula is C26H20Br2O2Se. The summed E-state index contributed by atoms with van der Waals surface area (Å²) in [5, 5.41) is 0. The van der Waals surface area contributed by atoms with Crippen molar-refractivity contribution in [3.8, 4) is 33.8 Å². The van der Waals surface area contributed by atoms with Crippen molar-refractivity contribution >= 4 is 55.7 Å². The molecule has 0 saturated heterocycles. The summed E-state index contributed by atoms with van der Waals surface area (Å²) in [4.78, 5) is 0. The molecule has 0 aliphatic rings. The molecule has 0 N–H and O–H groups in total. The fourth-order valence-electron chi connectivity index (χ4n) is 3.21. The number of halogens is 2. The van der Waals surface area contributed by atoms with E-state index in [4.69, 9.17) is 9.47 Å². The predicted octanol–water partition coefficient (Wildman–Crippen LogP) is 6.22. The van der Waals surface area contributed by atoms with E-state index in [-0.39, 0.29) is 15.0 Å².